The maximum absolute atomic E-state index is 12.8. The summed E-state index contributed by atoms with van der Waals surface area (Å²) in [5, 5.41) is 8.35. The maximum atomic E-state index is 12.8. The molecule has 2 amide bonds. The van der Waals surface area contributed by atoms with Crippen LogP contribution in [0.3, 0.4) is 0 Å². The Bertz CT molecular complexity index is 990. The Kier molecular flexibility index (Phi) is 6.01. The summed E-state index contributed by atoms with van der Waals surface area (Å²) in [6.45, 7) is 0.348. The van der Waals surface area contributed by atoms with Gasteiger partial charge in [-0.2, -0.15) is 0 Å². The third kappa shape index (κ3) is 4.25. The van der Waals surface area contributed by atoms with Gasteiger partial charge in [0, 0.05) is 21.7 Å². The van der Waals surface area contributed by atoms with E-state index in [0.29, 0.717) is 28.8 Å². The molecule has 1 saturated heterocycles. The number of carbonyl (C=O) groups excluding carboxylic acids is 2. The minimum Gasteiger partial charge on any atom is -0.349 e. The first-order chi connectivity index (χ1) is 13.6. The van der Waals surface area contributed by atoms with E-state index in [2.05, 4.69) is 10.3 Å². The molecule has 0 saturated carbocycles. The molecular formula is C19H16ClN3O2S3. The Labute approximate surface area is 179 Å². The van der Waals surface area contributed by atoms with Gasteiger partial charge in [-0.05, 0) is 29.6 Å². The van der Waals surface area contributed by atoms with Crippen LogP contribution in [0.2, 0.25) is 5.02 Å². The van der Waals surface area contributed by atoms with E-state index in [1.165, 1.54) is 0 Å². The van der Waals surface area contributed by atoms with Crippen molar-refractivity contribution in [1.82, 2.24) is 15.2 Å². The van der Waals surface area contributed by atoms with Crippen LogP contribution >= 0.6 is 46.0 Å². The van der Waals surface area contributed by atoms with E-state index < -0.39 is 6.04 Å². The monoisotopic (exact) mass is 449 g/mol. The van der Waals surface area contributed by atoms with Gasteiger partial charge in [0.15, 0.2) is 0 Å². The molecule has 1 atom stereocenters. The molecule has 28 heavy (non-hydrogen) atoms. The molecule has 144 valence electrons. The lowest BCUT2D eigenvalue weighted by atomic mass is 10.1. The van der Waals surface area contributed by atoms with Gasteiger partial charge in [-0.1, -0.05) is 23.7 Å². The molecule has 2 aromatic heterocycles. The van der Waals surface area contributed by atoms with Gasteiger partial charge >= 0.3 is 0 Å². The number of aromatic nitrogens is 1. The van der Waals surface area contributed by atoms with Crippen LogP contribution in [-0.4, -0.2) is 39.4 Å². The highest BCUT2D eigenvalue weighted by molar-refractivity contribution is 7.99. The van der Waals surface area contributed by atoms with Crippen molar-refractivity contribution in [3.8, 4) is 9.88 Å². The number of halogens is 1. The van der Waals surface area contributed by atoms with Crippen LogP contribution in [0.5, 0.6) is 0 Å². The normalized spacial score (nSPS) is 16.3. The number of nitrogens with zero attached hydrogens (tertiary/aromatic N) is 2. The van der Waals surface area contributed by atoms with Gasteiger partial charge in [0.2, 0.25) is 5.91 Å². The summed E-state index contributed by atoms with van der Waals surface area (Å²) in [6.07, 6.45) is 0. The molecule has 3 aromatic rings. The van der Waals surface area contributed by atoms with E-state index in [1.54, 1.807) is 63.6 Å². The van der Waals surface area contributed by atoms with E-state index in [4.69, 9.17) is 11.6 Å². The van der Waals surface area contributed by atoms with Crippen LogP contribution < -0.4 is 5.32 Å². The lowest BCUT2D eigenvalue weighted by Gasteiger charge is -2.23. The van der Waals surface area contributed by atoms with Crippen LogP contribution in [0.25, 0.3) is 9.88 Å². The van der Waals surface area contributed by atoms with Crippen molar-refractivity contribution in [3.63, 3.8) is 0 Å². The van der Waals surface area contributed by atoms with Crippen LogP contribution in [-0.2, 0) is 11.3 Å². The molecular weight excluding hydrogens is 434 g/mol. The van der Waals surface area contributed by atoms with E-state index in [-0.39, 0.29) is 11.8 Å². The van der Waals surface area contributed by atoms with Gasteiger partial charge in [0.05, 0.1) is 23.0 Å². The fourth-order valence-corrected chi connectivity index (χ4v) is 5.82. The molecule has 5 nitrogen and oxygen atoms in total. The Morgan fingerprint density at radius 3 is 2.93 bits per heavy atom. The topological polar surface area (TPSA) is 62.3 Å². The summed E-state index contributed by atoms with van der Waals surface area (Å²) in [4.78, 5) is 32.8. The zero-order valence-electron chi connectivity index (χ0n) is 14.6. The number of hydrogen-bond donors (Lipinski definition) is 1. The predicted molar refractivity (Wildman–Crippen MR) is 116 cm³/mol. The molecule has 3 heterocycles. The van der Waals surface area contributed by atoms with Crippen molar-refractivity contribution in [2.24, 2.45) is 0 Å². The lowest BCUT2D eigenvalue weighted by Crippen LogP contribution is -2.47. The SMILES string of the molecule is O=C(NCc1csc(-c2cccs2)n1)[C@H]1CSCN1C(=O)c1cccc(Cl)c1. The smallest absolute Gasteiger partial charge is 0.255 e. The average Bonchev–Trinajstić information content (AvgIpc) is 3.46. The Balaban J connectivity index is 1.39. The highest BCUT2D eigenvalue weighted by Gasteiger charge is 2.35. The molecule has 9 heteroatoms. The molecule has 1 aliphatic rings. The van der Waals surface area contributed by atoms with Gasteiger partial charge in [-0.25, -0.2) is 4.98 Å². The molecule has 0 aliphatic carbocycles. The van der Waals surface area contributed by atoms with Crippen LogP contribution in [0.1, 0.15) is 16.1 Å². The second kappa shape index (κ2) is 8.65. The van der Waals surface area contributed by atoms with Gasteiger partial charge < -0.3 is 10.2 Å². The number of carbonyl (C=O) groups is 2. The Morgan fingerprint density at radius 1 is 1.25 bits per heavy atom. The second-order valence-corrected chi connectivity index (χ2v) is 9.38. The summed E-state index contributed by atoms with van der Waals surface area (Å²) < 4.78 is 0. The molecule has 0 radical (unpaired) electrons. The number of rotatable bonds is 5. The van der Waals surface area contributed by atoms with E-state index in [1.807, 2.05) is 22.9 Å². The third-order valence-electron chi connectivity index (χ3n) is 4.24. The summed E-state index contributed by atoms with van der Waals surface area (Å²) in [7, 11) is 0. The van der Waals surface area contributed by atoms with Crippen molar-refractivity contribution >= 4 is 57.9 Å². The fourth-order valence-electron chi connectivity index (χ4n) is 2.84. The highest BCUT2D eigenvalue weighted by Crippen LogP contribution is 2.28. The molecule has 4 rings (SSSR count). The summed E-state index contributed by atoms with van der Waals surface area (Å²) in [5.41, 5.74) is 1.31. The number of benzene rings is 1. The Morgan fingerprint density at radius 2 is 2.14 bits per heavy atom. The van der Waals surface area contributed by atoms with E-state index in [0.717, 1.165) is 15.6 Å². The van der Waals surface area contributed by atoms with Crippen molar-refractivity contribution in [2.75, 3.05) is 11.6 Å². The molecule has 1 fully saturated rings. The molecule has 0 unspecified atom stereocenters. The predicted octanol–water partition coefficient (Wildman–Crippen LogP) is 4.36. The summed E-state index contributed by atoms with van der Waals surface area (Å²) in [6, 6.07) is 10.3. The van der Waals surface area contributed by atoms with Crippen LogP contribution in [0.4, 0.5) is 0 Å². The van der Waals surface area contributed by atoms with Crippen LogP contribution in [0, 0.1) is 0 Å². The minimum atomic E-state index is -0.494. The van der Waals surface area contributed by atoms with Gasteiger partial charge in [-0.3, -0.25) is 9.59 Å². The fraction of sp³-hybridized carbons (Fsp3) is 0.211. The van der Waals surface area contributed by atoms with Crippen molar-refractivity contribution in [3.05, 3.63) is 63.4 Å². The number of thiophene rings is 1. The standard InChI is InChI=1S/C19H16ClN3O2S3/c20-13-4-1-3-12(7-13)19(25)23-11-26-10-15(23)17(24)21-8-14-9-28-18(22-14)16-5-2-6-27-16/h1-7,9,15H,8,10-11H2,(H,21,24)/t15-/m1/s1. The molecule has 1 N–H and O–H groups in total. The number of amides is 2. The van der Waals surface area contributed by atoms with Gasteiger partial charge in [-0.15, -0.1) is 34.4 Å². The van der Waals surface area contributed by atoms with E-state index >= 15 is 0 Å². The second-order valence-electron chi connectivity index (χ2n) is 6.14. The van der Waals surface area contributed by atoms with Gasteiger partial charge in [0.25, 0.3) is 5.91 Å². The molecule has 1 aromatic carbocycles. The molecule has 0 bridgehead atoms. The molecule has 1 aliphatic heterocycles. The number of thioether (sulfide) groups is 1. The first-order valence-electron chi connectivity index (χ1n) is 8.52. The largest absolute Gasteiger partial charge is 0.349 e. The summed E-state index contributed by atoms with van der Waals surface area (Å²) >= 11 is 10.8. The highest BCUT2D eigenvalue weighted by atomic mass is 35.5. The zero-order valence-corrected chi connectivity index (χ0v) is 17.8. The lowest BCUT2D eigenvalue weighted by molar-refractivity contribution is -0.124. The number of nitrogens with one attached hydrogen (secondary N) is 1. The van der Waals surface area contributed by atoms with Gasteiger partial charge in [0.1, 0.15) is 11.0 Å². The van der Waals surface area contributed by atoms with Crippen LogP contribution in [0.15, 0.2) is 47.2 Å². The molecule has 0 spiro atoms. The third-order valence-corrected chi connectivity index (χ3v) is 7.42. The zero-order chi connectivity index (χ0) is 19.5. The minimum absolute atomic E-state index is 0.161. The first-order valence-corrected chi connectivity index (χ1v) is 11.8. The van der Waals surface area contributed by atoms with E-state index in [9.17, 15) is 9.59 Å². The average molecular weight is 450 g/mol. The van der Waals surface area contributed by atoms with Crippen molar-refractivity contribution < 1.29 is 9.59 Å². The van der Waals surface area contributed by atoms with Crippen molar-refractivity contribution in [1.29, 1.82) is 0 Å². The Hall–Kier alpha value is -1.87. The first kappa shape index (κ1) is 19.4. The quantitative estimate of drug-likeness (QED) is 0.628. The summed E-state index contributed by atoms with van der Waals surface area (Å²) in [5.74, 6) is 0.727. The number of thiazole rings is 1. The van der Waals surface area contributed by atoms with Crippen molar-refractivity contribution in [2.45, 2.75) is 12.6 Å². The maximum Gasteiger partial charge on any atom is 0.255 e. The number of hydrogen-bond acceptors (Lipinski definition) is 6.